The molecule has 1 heterocycles. The number of hydrogen-bond acceptors (Lipinski definition) is 5. The quantitative estimate of drug-likeness (QED) is 0.875. The van der Waals surface area contributed by atoms with Crippen LogP contribution < -0.4 is 15.2 Å². The van der Waals surface area contributed by atoms with Crippen molar-refractivity contribution in [3.63, 3.8) is 0 Å². The van der Waals surface area contributed by atoms with Gasteiger partial charge in [-0.3, -0.25) is 0 Å². The zero-order valence-electron chi connectivity index (χ0n) is 10.3. The van der Waals surface area contributed by atoms with Gasteiger partial charge >= 0.3 is 6.36 Å². The van der Waals surface area contributed by atoms with E-state index in [1.54, 1.807) is 0 Å². The molecule has 0 saturated carbocycles. The molecule has 2 rings (SSSR count). The molecule has 0 radical (unpaired) electrons. The van der Waals surface area contributed by atoms with Crippen molar-refractivity contribution in [2.75, 3.05) is 0 Å². The number of nitrogens with zero attached hydrogens (tertiary/aromatic N) is 2. The number of alkyl halides is 3. The van der Waals surface area contributed by atoms with E-state index in [0.717, 1.165) is 6.07 Å². The maximum atomic E-state index is 12.3. The standard InChI is InChI=1S/C12H8F3N3O2S/c13-12(14,15)20-9-4-2-1-3-8(9)19-11-7(10(16)21)5-6-17-18-11/h1-6H,(H2,16,21). The lowest BCUT2D eigenvalue weighted by atomic mass is 10.3. The summed E-state index contributed by atoms with van der Waals surface area (Å²) in [4.78, 5) is -0.0193. The molecule has 0 aliphatic rings. The second kappa shape index (κ2) is 5.92. The Kier molecular flexibility index (Phi) is 4.22. The lowest BCUT2D eigenvalue weighted by Crippen LogP contribution is -2.17. The van der Waals surface area contributed by atoms with Crippen molar-refractivity contribution < 1.29 is 22.6 Å². The summed E-state index contributed by atoms with van der Waals surface area (Å²) in [5.41, 5.74) is 5.73. The first-order chi connectivity index (χ1) is 9.87. The van der Waals surface area contributed by atoms with Gasteiger partial charge in [0.15, 0.2) is 11.5 Å². The summed E-state index contributed by atoms with van der Waals surface area (Å²) in [5.74, 6) is -0.805. The summed E-state index contributed by atoms with van der Waals surface area (Å²) < 4.78 is 46.1. The Labute approximate surface area is 122 Å². The molecule has 0 aliphatic carbocycles. The molecule has 5 nitrogen and oxygen atoms in total. The van der Waals surface area contributed by atoms with Gasteiger partial charge in [0.25, 0.3) is 0 Å². The Bertz CT molecular complexity index is 664. The van der Waals surface area contributed by atoms with Crippen LogP contribution in [-0.4, -0.2) is 21.5 Å². The second-order valence-corrected chi connectivity index (χ2v) is 4.15. The number of para-hydroxylation sites is 2. The molecular formula is C12H8F3N3O2S. The summed E-state index contributed by atoms with van der Waals surface area (Å²) >= 11 is 4.81. The zero-order valence-corrected chi connectivity index (χ0v) is 11.1. The number of thiocarbonyl (C=S) groups is 1. The van der Waals surface area contributed by atoms with Crippen LogP contribution in [0.1, 0.15) is 5.56 Å². The minimum atomic E-state index is -4.84. The molecule has 1 aromatic carbocycles. The van der Waals surface area contributed by atoms with E-state index >= 15 is 0 Å². The van der Waals surface area contributed by atoms with E-state index in [0.29, 0.717) is 0 Å². The Morgan fingerprint density at radius 3 is 2.43 bits per heavy atom. The van der Waals surface area contributed by atoms with E-state index in [-0.39, 0.29) is 22.2 Å². The molecule has 0 aliphatic heterocycles. The van der Waals surface area contributed by atoms with Crippen LogP contribution >= 0.6 is 12.2 Å². The van der Waals surface area contributed by atoms with Gasteiger partial charge < -0.3 is 15.2 Å². The van der Waals surface area contributed by atoms with Gasteiger partial charge in [0.05, 0.1) is 11.8 Å². The van der Waals surface area contributed by atoms with Gasteiger partial charge in [-0.25, -0.2) is 0 Å². The van der Waals surface area contributed by atoms with E-state index in [1.807, 2.05) is 0 Å². The van der Waals surface area contributed by atoms with Crippen molar-refractivity contribution in [3.05, 3.63) is 42.1 Å². The molecule has 0 unspecified atom stereocenters. The first kappa shape index (κ1) is 15.0. The van der Waals surface area contributed by atoms with E-state index < -0.39 is 12.1 Å². The summed E-state index contributed by atoms with van der Waals surface area (Å²) in [7, 11) is 0. The van der Waals surface area contributed by atoms with E-state index in [4.69, 9.17) is 22.7 Å². The molecule has 9 heteroatoms. The maximum Gasteiger partial charge on any atom is 0.573 e. The van der Waals surface area contributed by atoms with Gasteiger partial charge in [0.2, 0.25) is 5.88 Å². The van der Waals surface area contributed by atoms with Crippen LogP contribution in [0.2, 0.25) is 0 Å². The first-order valence-corrected chi connectivity index (χ1v) is 5.92. The number of rotatable bonds is 4. The van der Waals surface area contributed by atoms with Gasteiger partial charge in [0, 0.05) is 0 Å². The number of ether oxygens (including phenoxy) is 2. The molecule has 0 saturated heterocycles. The van der Waals surface area contributed by atoms with Crippen LogP contribution in [0.15, 0.2) is 36.5 Å². The van der Waals surface area contributed by atoms with Crippen molar-refractivity contribution in [2.24, 2.45) is 5.73 Å². The highest BCUT2D eigenvalue weighted by atomic mass is 32.1. The largest absolute Gasteiger partial charge is 0.573 e. The molecular weight excluding hydrogens is 307 g/mol. The lowest BCUT2D eigenvalue weighted by molar-refractivity contribution is -0.275. The van der Waals surface area contributed by atoms with Crippen LogP contribution in [-0.2, 0) is 0 Å². The van der Waals surface area contributed by atoms with Crippen LogP contribution in [0.25, 0.3) is 0 Å². The first-order valence-electron chi connectivity index (χ1n) is 5.51. The average Bonchev–Trinajstić information content (AvgIpc) is 2.40. The normalized spacial score (nSPS) is 11.0. The minimum absolute atomic E-state index is 0.0193. The second-order valence-electron chi connectivity index (χ2n) is 3.71. The predicted molar refractivity (Wildman–Crippen MR) is 71.1 cm³/mol. The highest BCUT2D eigenvalue weighted by Crippen LogP contribution is 2.34. The predicted octanol–water partition coefficient (Wildman–Crippen LogP) is 2.80. The Morgan fingerprint density at radius 1 is 1.14 bits per heavy atom. The van der Waals surface area contributed by atoms with Gasteiger partial charge in [-0.15, -0.1) is 18.3 Å². The van der Waals surface area contributed by atoms with Crippen LogP contribution in [0.4, 0.5) is 13.2 Å². The summed E-state index contributed by atoms with van der Waals surface area (Å²) in [6, 6.07) is 6.70. The van der Waals surface area contributed by atoms with Crippen LogP contribution in [0.5, 0.6) is 17.4 Å². The fraction of sp³-hybridized carbons (Fsp3) is 0.0833. The lowest BCUT2D eigenvalue weighted by Gasteiger charge is -2.14. The maximum absolute atomic E-state index is 12.3. The van der Waals surface area contributed by atoms with Crippen molar-refractivity contribution in [3.8, 4) is 17.4 Å². The fourth-order valence-corrected chi connectivity index (χ4v) is 1.58. The van der Waals surface area contributed by atoms with Crippen molar-refractivity contribution in [2.45, 2.75) is 6.36 Å². The molecule has 1 aromatic heterocycles. The minimum Gasteiger partial charge on any atom is -0.433 e. The van der Waals surface area contributed by atoms with Gasteiger partial charge in [0.1, 0.15) is 4.99 Å². The Morgan fingerprint density at radius 2 is 1.81 bits per heavy atom. The number of benzene rings is 1. The number of nitrogens with two attached hydrogens (primary N) is 1. The summed E-state index contributed by atoms with van der Waals surface area (Å²) in [5, 5.41) is 7.23. The molecule has 0 spiro atoms. The van der Waals surface area contributed by atoms with Gasteiger partial charge in [-0.1, -0.05) is 24.4 Å². The van der Waals surface area contributed by atoms with Crippen molar-refractivity contribution >= 4 is 17.2 Å². The third kappa shape index (κ3) is 4.02. The van der Waals surface area contributed by atoms with Gasteiger partial charge in [-0.05, 0) is 18.2 Å². The van der Waals surface area contributed by atoms with Crippen LogP contribution in [0.3, 0.4) is 0 Å². The van der Waals surface area contributed by atoms with Crippen LogP contribution in [0, 0.1) is 0 Å². The third-order valence-corrected chi connectivity index (χ3v) is 2.45. The van der Waals surface area contributed by atoms with E-state index in [9.17, 15) is 13.2 Å². The highest BCUT2D eigenvalue weighted by Gasteiger charge is 2.32. The molecule has 21 heavy (non-hydrogen) atoms. The van der Waals surface area contributed by atoms with Gasteiger partial charge in [-0.2, -0.15) is 5.10 Å². The van der Waals surface area contributed by atoms with Crippen molar-refractivity contribution in [1.29, 1.82) is 0 Å². The average molecular weight is 315 g/mol. The number of hydrogen-bond donors (Lipinski definition) is 1. The molecule has 0 fully saturated rings. The summed E-state index contributed by atoms with van der Waals surface area (Å²) in [6.07, 6.45) is -3.51. The molecule has 2 aromatic rings. The Balaban J connectivity index is 2.35. The monoisotopic (exact) mass is 315 g/mol. The molecule has 0 amide bonds. The van der Waals surface area contributed by atoms with Crippen molar-refractivity contribution in [1.82, 2.24) is 10.2 Å². The summed E-state index contributed by atoms with van der Waals surface area (Å²) in [6.45, 7) is 0. The fourth-order valence-electron chi connectivity index (χ4n) is 1.43. The molecule has 0 bridgehead atoms. The highest BCUT2D eigenvalue weighted by molar-refractivity contribution is 7.80. The SMILES string of the molecule is NC(=S)c1ccnnc1Oc1ccccc1OC(F)(F)F. The topological polar surface area (TPSA) is 70.3 Å². The number of aromatic nitrogens is 2. The molecule has 110 valence electrons. The number of halogens is 3. The van der Waals surface area contributed by atoms with E-state index in [1.165, 1.54) is 30.5 Å². The smallest absolute Gasteiger partial charge is 0.433 e. The Hall–Kier alpha value is -2.42. The molecule has 2 N–H and O–H groups in total. The molecule has 0 atom stereocenters. The zero-order chi connectivity index (χ0) is 15.5. The third-order valence-electron chi connectivity index (χ3n) is 2.23. The van der Waals surface area contributed by atoms with E-state index in [2.05, 4.69) is 14.9 Å².